The van der Waals surface area contributed by atoms with Gasteiger partial charge in [0.05, 0.1) is 24.0 Å². The maximum Gasteiger partial charge on any atom is 0.412 e. The summed E-state index contributed by atoms with van der Waals surface area (Å²) in [4.78, 5) is 26.2. The summed E-state index contributed by atoms with van der Waals surface area (Å²) in [6.07, 6.45) is -5.83. The second-order valence-electron chi connectivity index (χ2n) is 11.7. The first kappa shape index (κ1) is 34.4. The number of hydrogen-bond acceptors (Lipinski definition) is 8. The predicted octanol–water partition coefficient (Wildman–Crippen LogP) is 4.78. The van der Waals surface area contributed by atoms with E-state index in [1.54, 1.807) is 25.3 Å². The number of carbonyl (C=O) groups is 2. The number of aliphatic hydroxyl groups excluding tert-OH is 2. The summed E-state index contributed by atoms with van der Waals surface area (Å²) in [5.41, 5.74) is 4.79. The van der Waals surface area contributed by atoms with Gasteiger partial charge in [0.2, 0.25) is 0 Å². The minimum Gasteiger partial charge on any atom is -0.457 e. The standard InChI is InChI=1S/C29H45F3N2O5S/c1-8-16(3)40-14-20(33)11-15(2)22-10-9-19(29(30,31)32)12-21-25(34-21)17(4)26(37)18(5)27(38)28(6,7)23(35)13-24(36)39-22/h9,11,14,16-18,21-23,25-26,34-35,37H,8,10,12-13,33H2,1-7H3/b15-11+,19-9+,20-14-/t16?,17-,18+,21?,22-,23-,25?,26-/m0/s1. The third kappa shape index (κ3) is 9.09. The molecule has 2 rings (SSSR count). The number of thioether (sulfide) groups is 1. The summed E-state index contributed by atoms with van der Waals surface area (Å²) in [5, 5.41) is 26.8. The van der Waals surface area contributed by atoms with Crippen molar-refractivity contribution in [1.82, 2.24) is 5.32 Å². The third-order valence-corrected chi connectivity index (χ3v) is 9.37. The molecule has 0 bridgehead atoms. The molecular formula is C29H45F3N2O5S. The van der Waals surface area contributed by atoms with Crippen molar-refractivity contribution in [1.29, 1.82) is 0 Å². The van der Waals surface area contributed by atoms with Crippen molar-refractivity contribution in [2.45, 2.75) is 116 Å². The Bertz CT molecular complexity index is 1010. The smallest absolute Gasteiger partial charge is 0.412 e. The minimum atomic E-state index is -4.61. The highest BCUT2D eigenvalue weighted by Gasteiger charge is 2.49. The van der Waals surface area contributed by atoms with Crippen LogP contribution < -0.4 is 11.1 Å². The lowest BCUT2D eigenvalue weighted by molar-refractivity contribution is -0.154. The Hall–Kier alpha value is -1.82. The summed E-state index contributed by atoms with van der Waals surface area (Å²) in [6, 6.07) is -0.930. The fraction of sp³-hybridized carbons (Fsp3) is 0.724. The van der Waals surface area contributed by atoms with Crippen LogP contribution in [0.3, 0.4) is 0 Å². The fourth-order valence-corrected chi connectivity index (χ4v) is 5.55. The molecule has 0 aromatic carbocycles. The van der Waals surface area contributed by atoms with Crippen LogP contribution in [0.5, 0.6) is 0 Å². The molecule has 8 atom stereocenters. The van der Waals surface area contributed by atoms with Crippen LogP contribution in [0.1, 0.15) is 74.1 Å². The molecule has 11 heteroatoms. The van der Waals surface area contributed by atoms with Crippen molar-refractivity contribution in [2.75, 3.05) is 0 Å². The Morgan fingerprint density at radius 2 is 1.90 bits per heavy atom. The molecule has 7 nitrogen and oxygen atoms in total. The number of ether oxygens (including phenoxy) is 1. The number of rotatable bonds is 5. The maximum atomic E-state index is 14.0. The van der Waals surface area contributed by atoms with Gasteiger partial charge in [0, 0.05) is 40.9 Å². The van der Waals surface area contributed by atoms with E-state index in [2.05, 4.69) is 5.32 Å². The first-order valence-corrected chi connectivity index (χ1v) is 14.8. The topological polar surface area (TPSA) is 132 Å². The Balaban J connectivity index is 2.47. The zero-order chi connectivity index (χ0) is 30.6. The summed E-state index contributed by atoms with van der Waals surface area (Å²) >= 11 is 1.52. The lowest BCUT2D eigenvalue weighted by Crippen LogP contribution is -2.46. The molecule has 2 aliphatic rings. The van der Waals surface area contributed by atoms with Crippen LogP contribution in [0.4, 0.5) is 13.2 Å². The van der Waals surface area contributed by atoms with E-state index in [1.165, 1.54) is 32.5 Å². The number of esters is 1. The first-order chi connectivity index (χ1) is 18.4. The lowest BCUT2D eigenvalue weighted by Gasteiger charge is -2.34. The van der Waals surface area contributed by atoms with Crippen LogP contribution >= 0.6 is 11.8 Å². The van der Waals surface area contributed by atoms with Gasteiger partial charge in [0.15, 0.2) is 0 Å². The van der Waals surface area contributed by atoms with Crippen molar-refractivity contribution in [2.24, 2.45) is 23.0 Å². The Morgan fingerprint density at radius 3 is 2.48 bits per heavy atom. The molecule has 2 heterocycles. The molecule has 5 N–H and O–H groups in total. The normalized spacial score (nSPS) is 35.3. The molecule has 1 saturated heterocycles. The third-order valence-electron chi connectivity index (χ3n) is 8.16. The van der Waals surface area contributed by atoms with Crippen LogP contribution in [-0.2, 0) is 14.3 Å². The second kappa shape index (κ2) is 13.9. The molecule has 2 aliphatic heterocycles. The molecule has 0 aromatic rings. The highest BCUT2D eigenvalue weighted by atomic mass is 32.2. The van der Waals surface area contributed by atoms with Gasteiger partial charge >= 0.3 is 12.1 Å². The molecule has 0 saturated carbocycles. The molecule has 0 radical (unpaired) electrons. The van der Waals surface area contributed by atoms with E-state index < -0.39 is 77.6 Å². The van der Waals surface area contributed by atoms with Crippen LogP contribution in [-0.4, -0.2) is 63.8 Å². The van der Waals surface area contributed by atoms with Crippen molar-refractivity contribution in [3.63, 3.8) is 0 Å². The number of nitrogens with one attached hydrogen (secondary N) is 1. The van der Waals surface area contributed by atoms with Gasteiger partial charge in [-0.2, -0.15) is 13.2 Å². The molecular weight excluding hydrogens is 545 g/mol. The Kier molecular flexibility index (Phi) is 11.9. The van der Waals surface area contributed by atoms with Gasteiger partial charge in [-0.05, 0) is 42.7 Å². The van der Waals surface area contributed by atoms with Crippen molar-refractivity contribution < 1.29 is 37.7 Å². The molecule has 3 unspecified atom stereocenters. The van der Waals surface area contributed by atoms with Gasteiger partial charge in [0.25, 0.3) is 0 Å². The van der Waals surface area contributed by atoms with E-state index in [-0.39, 0.29) is 12.8 Å². The average molecular weight is 591 g/mol. The van der Waals surface area contributed by atoms with Gasteiger partial charge in [-0.3, -0.25) is 9.59 Å². The van der Waals surface area contributed by atoms with E-state index in [4.69, 9.17) is 10.5 Å². The van der Waals surface area contributed by atoms with Crippen molar-refractivity contribution in [3.8, 4) is 0 Å². The number of fused-ring (bicyclic) bond motifs is 1. The molecule has 0 amide bonds. The maximum absolute atomic E-state index is 14.0. The van der Waals surface area contributed by atoms with Crippen molar-refractivity contribution in [3.05, 3.63) is 34.4 Å². The number of cyclic esters (lactones) is 1. The number of aliphatic hydroxyl groups is 2. The lowest BCUT2D eigenvalue weighted by atomic mass is 9.73. The molecule has 0 aromatic heterocycles. The largest absolute Gasteiger partial charge is 0.457 e. The van der Waals surface area contributed by atoms with Crippen molar-refractivity contribution >= 4 is 23.5 Å². The van der Waals surface area contributed by atoms with Gasteiger partial charge in [-0.1, -0.05) is 47.6 Å². The summed E-state index contributed by atoms with van der Waals surface area (Å²) in [7, 11) is 0. The molecule has 0 spiro atoms. The molecule has 0 aliphatic carbocycles. The number of allylic oxidation sites excluding steroid dienone is 1. The van der Waals surface area contributed by atoms with Crippen LogP contribution in [0.2, 0.25) is 0 Å². The van der Waals surface area contributed by atoms with E-state index in [9.17, 15) is 33.0 Å². The van der Waals surface area contributed by atoms with E-state index in [1.807, 2.05) is 13.8 Å². The quantitative estimate of drug-likeness (QED) is 0.156. The summed E-state index contributed by atoms with van der Waals surface area (Å²) < 4.78 is 47.6. The van der Waals surface area contributed by atoms with Gasteiger partial charge in [0.1, 0.15) is 11.9 Å². The van der Waals surface area contributed by atoms with Gasteiger partial charge in [-0.15, -0.1) is 11.8 Å². The number of alkyl halides is 3. The SMILES string of the molecule is CCC(C)S/C=C(N)/C=C(\C)[C@@H]1C/C=C(/C(F)(F)F)CC2NC2[C@H](C)[C@H](O)[C@@H](C)C(=O)C(C)(C)[C@@H](O)CC(=O)O1. The van der Waals surface area contributed by atoms with Crippen LogP contribution in [0, 0.1) is 17.3 Å². The number of Topliss-reactive ketones (excluding diaryl/α,β-unsaturated/α-hetero) is 1. The van der Waals surface area contributed by atoms with Crippen LogP contribution in [0.25, 0.3) is 0 Å². The highest BCUT2D eigenvalue weighted by Crippen LogP contribution is 2.38. The summed E-state index contributed by atoms with van der Waals surface area (Å²) in [5.74, 6) is -2.73. The number of ketones is 1. The molecule has 1 fully saturated rings. The first-order valence-electron chi connectivity index (χ1n) is 13.8. The number of carbonyl (C=O) groups excluding carboxylic acids is 2. The van der Waals surface area contributed by atoms with Gasteiger partial charge in [-0.25, -0.2) is 0 Å². The van der Waals surface area contributed by atoms with E-state index >= 15 is 0 Å². The number of nitrogens with two attached hydrogens (primary N) is 1. The second-order valence-corrected chi connectivity index (χ2v) is 13.1. The minimum absolute atomic E-state index is 0.250. The number of halogens is 3. The fourth-order valence-electron chi connectivity index (χ4n) is 4.90. The van der Waals surface area contributed by atoms with Gasteiger partial charge < -0.3 is 26.0 Å². The summed E-state index contributed by atoms with van der Waals surface area (Å²) in [6.45, 7) is 11.9. The molecule has 228 valence electrons. The average Bonchev–Trinajstić information content (AvgIpc) is 3.64. The van der Waals surface area contributed by atoms with E-state index in [0.29, 0.717) is 16.5 Å². The predicted molar refractivity (Wildman–Crippen MR) is 151 cm³/mol. The van der Waals surface area contributed by atoms with Crippen LogP contribution in [0.15, 0.2) is 34.4 Å². The number of hydrogen-bond donors (Lipinski definition) is 4. The highest BCUT2D eigenvalue weighted by molar-refractivity contribution is 8.02. The Morgan fingerprint density at radius 1 is 1.27 bits per heavy atom. The van der Waals surface area contributed by atoms with E-state index in [0.717, 1.165) is 12.5 Å². The zero-order valence-corrected chi connectivity index (χ0v) is 25.2. The Labute approximate surface area is 239 Å². The zero-order valence-electron chi connectivity index (χ0n) is 24.4. The monoisotopic (exact) mass is 590 g/mol. The molecule has 40 heavy (non-hydrogen) atoms.